The second-order valence-corrected chi connectivity index (χ2v) is 9.58. The van der Waals surface area contributed by atoms with E-state index in [0.29, 0.717) is 0 Å². The molecule has 0 unspecified atom stereocenters. The van der Waals surface area contributed by atoms with E-state index < -0.39 is 0 Å². The van der Waals surface area contributed by atoms with E-state index in [1.165, 1.54) is 53.8 Å². The lowest BCUT2D eigenvalue weighted by molar-refractivity contribution is 0.130. The number of hydrogen-bond acceptors (Lipinski definition) is 2. The summed E-state index contributed by atoms with van der Waals surface area (Å²) < 4.78 is 2.46. The minimum absolute atomic E-state index is 0.192. The lowest BCUT2D eigenvalue weighted by Crippen LogP contribution is -2.41. The first-order valence-electron chi connectivity index (χ1n) is 10.8. The quantitative estimate of drug-likeness (QED) is 0.599. The summed E-state index contributed by atoms with van der Waals surface area (Å²) in [7, 11) is 0. The molecular formula is C25H31N3. The molecule has 0 radical (unpaired) electrons. The Hall–Kier alpha value is -2.13. The smallest absolute Gasteiger partial charge is 0.111 e. The van der Waals surface area contributed by atoms with Gasteiger partial charge in [0.15, 0.2) is 0 Å². The van der Waals surface area contributed by atoms with Crippen LogP contribution in [0.5, 0.6) is 0 Å². The van der Waals surface area contributed by atoms with Crippen LogP contribution in [0, 0.1) is 0 Å². The molecule has 2 aromatic carbocycles. The highest BCUT2D eigenvalue weighted by atomic mass is 15.2. The molecule has 0 saturated heterocycles. The third-order valence-corrected chi connectivity index (χ3v) is 6.74. The maximum Gasteiger partial charge on any atom is 0.111 e. The van der Waals surface area contributed by atoms with Crippen molar-refractivity contribution in [3.8, 4) is 11.1 Å². The van der Waals surface area contributed by atoms with Gasteiger partial charge in [-0.1, -0.05) is 57.5 Å². The maximum atomic E-state index is 5.03. The van der Waals surface area contributed by atoms with Gasteiger partial charge in [-0.15, -0.1) is 0 Å². The van der Waals surface area contributed by atoms with E-state index in [2.05, 4.69) is 72.7 Å². The Morgan fingerprint density at radius 1 is 0.893 bits per heavy atom. The van der Waals surface area contributed by atoms with Crippen LogP contribution >= 0.6 is 0 Å². The maximum absolute atomic E-state index is 5.03. The van der Waals surface area contributed by atoms with Crippen LogP contribution in [0.15, 0.2) is 42.5 Å². The van der Waals surface area contributed by atoms with Crippen LogP contribution in [-0.2, 0) is 18.4 Å². The molecule has 1 aliphatic heterocycles. The van der Waals surface area contributed by atoms with Crippen molar-refractivity contribution in [2.75, 3.05) is 13.1 Å². The normalized spacial score (nSPS) is 18.7. The molecule has 0 amide bonds. The number of nitrogens with zero attached hydrogens (tertiary/aromatic N) is 3. The standard InChI is InChI=1S/C25H31N3/c1-25(2,3)20-10-7-18(8-11-20)19-9-12-23-22(17-19)26-24-13-14-27(15-16-28(23)24)21-5-4-6-21/h7-12,17,21H,4-6,13-16H2,1-3H3. The zero-order chi connectivity index (χ0) is 19.3. The van der Waals surface area contributed by atoms with Gasteiger partial charge in [0.2, 0.25) is 0 Å². The van der Waals surface area contributed by atoms with Crippen molar-refractivity contribution >= 4 is 11.0 Å². The molecule has 0 atom stereocenters. The Balaban J connectivity index is 1.42. The van der Waals surface area contributed by atoms with Crippen LogP contribution in [0.4, 0.5) is 0 Å². The SMILES string of the molecule is CC(C)(C)c1ccc(-c2ccc3c(c2)nc2n3CCN(C3CCC3)CC2)cc1. The Labute approximate surface area is 168 Å². The third-order valence-electron chi connectivity index (χ3n) is 6.74. The molecule has 1 fully saturated rings. The minimum Gasteiger partial charge on any atom is -0.327 e. The number of hydrogen-bond donors (Lipinski definition) is 0. The molecule has 5 rings (SSSR count). The van der Waals surface area contributed by atoms with E-state index in [4.69, 9.17) is 4.98 Å². The first-order valence-corrected chi connectivity index (χ1v) is 10.8. The third kappa shape index (κ3) is 3.16. The summed E-state index contributed by atoms with van der Waals surface area (Å²) in [6.45, 7) is 10.2. The van der Waals surface area contributed by atoms with E-state index in [9.17, 15) is 0 Å². The molecule has 1 saturated carbocycles. The van der Waals surface area contributed by atoms with Crippen LogP contribution in [0.1, 0.15) is 51.4 Å². The first-order chi connectivity index (χ1) is 13.5. The van der Waals surface area contributed by atoms with Gasteiger partial charge in [-0.2, -0.15) is 0 Å². The Morgan fingerprint density at radius 3 is 2.32 bits per heavy atom. The largest absolute Gasteiger partial charge is 0.327 e. The molecule has 1 aromatic heterocycles. The lowest BCUT2D eigenvalue weighted by atomic mass is 9.86. The number of benzene rings is 2. The molecule has 0 bridgehead atoms. The van der Waals surface area contributed by atoms with Gasteiger partial charge in [-0.05, 0) is 47.1 Å². The van der Waals surface area contributed by atoms with Gasteiger partial charge in [0.1, 0.15) is 5.82 Å². The predicted molar refractivity (Wildman–Crippen MR) is 117 cm³/mol. The van der Waals surface area contributed by atoms with Crippen LogP contribution in [0.3, 0.4) is 0 Å². The molecular weight excluding hydrogens is 342 g/mol. The predicted octanol–water partition coefficient (Wildman–Crippen LogP) is 5.41. The Kier molecular flexibility index (Phi) is 4.31. The summed E-state index contributed by atoms with van der Waals surface area (Å²) in [6, 6.07) is 16.7. The summed E-state index contributed by atoms with van der Waals surface area (Å²) in [6.07, 6.45) is 5.26. The van der Waals surface area contributed by atoms with Crippen molar-refractivity contribution in [2.45, 2.75) is 64.5 Å². The Morgan fingerprint density at radius 2 is 1.64 bits per heavy atom. The zero-order valence-corrected chi connectivity index (χ0v) is 17.4. The average Bonchev–Trinajstić information content (AvgIpc) is 2.86. The molecule has 146 valence electrons. The van der Waals surface area contributed by atoms with Crippen LogP contribution in [0.2, 0.25) is 0 Å². The number of aromatic nitrogens is 2. The molecule has 1 aliphatic carbocycles. The summed E-state index contributed by atoms with van der Waals surface area (Å²) in [5, 5.41) is 0. The van der Waals surface area contributed by atoms with Gasteiger partial charge in [-0.3, -0.25) is 4.90 Å². The second-order valence-electron chi connectivity index (χ2n) is 9.58. The van der Waals surface area contributed by atoms with Gasteiger partial charge in [0, 0.05) is 32.1 Å². The van der Waals surface area contributed by atoms with Crippen LogP contribution in [0.25, 0.3) is 22.2 Å². The van der Waals surface area contributed by atoms with E-state index in [-0.39, 0.29) is 5.41 Å². The van der Waals surface area contributed by atoms with Gasteiger partial charge >= 0.3 is 0 Å². The van der Waals surface area contributed by atoms with Crippen LogP contribution < -0.4 is 0 Å². The summed E-state index contributed by atoms with van der Waals surface area (Å²) in [4.78, 5) is 7.72. The molecule has 2 heterocycles. The number of rotatable bonds is 2. The molecule has 3 aromatic rings. The van der Waals surface area contributed by atoms with E-state index in [1.807, 2.05) is 0 Å². The molecule has 0 N–H and O–H groups in total. The van der Waals surface area contributed by atoms with Gasteiger partial charge < -0.3 is 4.57 Å². The lowest BCUT2D eigenvalue weighted by Gasteiger charge is -2.36. The van der Waals surface area contributed by atoms with Crippen molar-refractivity contribution in [1.29, 1.82) is 0 Å². The zero-order valence-electron chi connectivity index (χ0n) is 17.4. The van der Waals surface area contributed by atoms with E-state index >= 15 is 0 Å². The first kappa shape index (κ1) is 17.9. The minimum atomic E-state index is 0.192. The van der Waals surface area contributed by atoms with Crippen molar-refractivity contribution < 1.29 is 0 Å². The number of fused-ring (bicyclic) bond motifs is 3. The molecule has 28 heavy (non-hydrogen) atoms. The van der Waals surface area contributed by atoms with Gasteiger partial charge in [0.25, 0.3) is 0 Å². The highest BCUT2D eigenvalue weighted by molar-refractivity contribution is 5.82. The number of imidazole rings is 1. The fourth-order valence-electron chi connectivity index (χ4n) is 4.66. The topological polar surface area (TPSA) is 21.1 Å². The summed E-state index contributed by atoms with van der Waals surface area (Å²) in [5.74, 6) is 1.26. The van der Waals surface area contributed by atoms with Crippen molar-refractivity contribution in [3.63, 3.8) is 0 Å². The Bertz CT molecular complexity index is 987. The highest BCUT2D eigenvalue weighted by Crippen LogP contribution is 2.30. The van der Waals surface area contributed by atoms with Gasteiger partial charge in [0.05, 0.1) is 11.0 Å². The highest BCUT2D eigenvalue weighted by Gasteiger charge is 2.27. The molecule has 3 nitrogen and oxygen atoms in total. The summed E-state index contributed by atoms with van der Waals surface area (Å²) >= 11 is 0. The summed E-state index contributed by atoms with van der Waals surface area (Å²) in [5.41, 5.74) is 6.54. The molecule has 0 spiro atoms. The van der Waals surface area contributed by atoms with Crippen molar-refractivity contribution in [2.24, 2.45) is 0 Å². The molecule has 3 heteroatoms. The van der Waals surface area contributed by atoms with E-state index in [1.54, 1.807) is 0 Å². The fourth-order valence-corrected chi connectivity index (χ4v) is 4.66. The average molecular weight is 374 g/mol. The fraction of sp³-hybridized carbons (Fsp3) is 0.480. The van der Waals surface area contributed by atoms with Crippen molar-refractivity contribution in [1.82, 2.24) is 14.5 Å². The monoisotopic (exact) mass is 373 g/mol. The van der Waals surface area contributed by atoms with Crippen LogP contribution in [-0.4, -0.2) is 33.6 Å². The second kappa shape index (κ2) is 6.73. The molecule has 2 aliphatic rings. The van der Waals surface area contributed by atoms with E-state index in [0.717, 1.165) is 31.1 Å². The van der Waals surface area contributed by atoms with Gasteiger partial charge in [-0.25, -0.2) is 4.98 Å². The van der Waals surface area contributed by atoms with Crippen molar-refractivity contribution in [3.05, 3.63) is 53.9 Å².